The molecule has 0 heterocycles. The fraction of sp³-hybridized carbons (Fsp3) is 0.0556. The summed E-state index contributed by atoms with van der Waals surface area (Å²) in [6, 6.07) is 18.4. The molecule has 1 nitrogen and oxygen atoms in total. The molecule has 3 aromatic rings. The second kappa shape index (κ2) is 5.78. The third kappa shape index (κ3) is 3.03. The maximum Gasteiger partial charge on any atom is 0.167 e. The largest absolute Gasteiger partial charge is 0.294 e. The number of rotatable bonds is 3. The number of carbonyl (C=O) groups excluding carboxylic acids is 1. The van der Waals surface area contributed by atoms with Gasteiger partial charge in [0.2, 0.25) is 0 Å². The molecule has 3 aromatic carbocycles. The van der Waals surface area contributed by atoms with Crippen LogP contribution in [0, 0.1) is 5.82 Å². The maximum atomic E-state index is 13.2. The van der Waals surface area contributed by atoms with Crippen molar-refractivity contribution in [3.05, 3.63) is 82.1 Å². The van der Waals surface area contributed by atoms with Gasteiger partial charge in [0.25, 0.3) is 0 Å². The quantitative estimate of drug-likeness (QED) is 0.600. The standard InChI is InChI=1S/C18H12BrFO/c19-16-11-15(7-8-17(16)20)18(21)10-12-5-6-13-3-1-2-4-14(13)9-12/h1-9,11H,10H2. The predicted octanol–water partition coefficient (Wildman–Crippen LogP) is 5.17. The van der Waals surface area contributed by atoms with E-state index in [9.17, 15) is 9.18 Å². The third-order valence-electron chi connectivity index (χ3n) is 3.42. The van der Waals surface area contributed by atoms with Gasteiger partial charge in [0, 0.05) is 12.0 Å². The first kappa shape index (κ1) is 14.0. The van der Waals surface area contributed by atoms with E-state index in [1.165, 1.54) is 18.2 Å². The zero-order valence-electron chi connectivity index (χ0n) is 11.1. The lowest BCUT2D eigenvalue weighted by Gasteiger charge is -2.05. The molecule has 0 bridgehead atoms. The van der Waals surface area contributed by atoms with E-state index in [1.807, 2.05) is 42.5 Å². The van der Waals surface area contributed by atoms with Gasteiger partial charge in [-0.25, -0.2) is 4.39 Å². The Hall–Kier alpha value is -2.00. The zero-order chi connectivity index (χ0) is 14.8. The minimum Gasteiger partial charge on any atom is -0.294 e. The van der Waals surface area contributed by atoms with E-state index in [-0.39, 0.29) is 11.6 Å². The van der Waals surface area contributed by atoms with Crippen molar-refractivity contribution in [2.75, 3.05) is 0 Å². The van der Waals surface area contributed by atoms with Crippen molar-refractivity contribution < 1.29 is 9.18 Å². The van der Waals surface area contributed by atoms with Gasteiger partial charge in [0.1, 0.15) is 5.82 Å². The van der Waals surface area contributed by atoms with E-state index in [0.29, 0.717) is 16.5 Å². The van der Waals surface area contributed by atoms with E-state index in [0.717, 1.165) is 16.3 Å². The summed E-state index contributed by atoms with van der Waals surface area (Å²) in [6.45, 7) is 0. The van der Waals surface area contributed by atoms with Gasteiger partial charge in [-0.1, -0.05) is 42.5 Å². The summed E-state index contributed by atoms with van der Waals surface area (Å²) in [5, 5.41) is 2.27. The molecule has 0 fully saturated rings. The van der Waals surface area contributed by atoms with Crippen LogP contribution < -0.4 is 0 Å². The Labute approximate surface area is 130 Å². The Bertz CT molecular complexity index is 826. The molecule has 0 amide bonds. The van der Waals surface area contributed by atoms with Crippen molar-refractivity contribution in [2.45, 2.75) is 6.42 Å². The lowest BCUT2D eigenvalue weighted by atomic mass is 10.0. The molecular formula is C18H12BrFO. The van der Waals surface area contributed by atoms with Gasteiger partial charge in [-0.2, -0.15) is 0 Å². The summed E-state index contributed by atoms with van der Waals surface area (Å²) in [5.41, 5.74) is 1.47. The molecular weight excluding hydrogens is 331 g/mol. The summed E-state index contributed by atoms with van der Waals surface area (Å²) in [7, 11) is 0. The molecule has 0 N–H and O–H groups in total. The molecule has 3 rings (SSSR count). The molecule has 104 valence electrons. The number of fused-ring (bicyclic) bond motifs is 1. The van der Waals surface area contributed by atoms with Crippen LogP contribution >= 0.6 is 15.9 Å². The molecule has 0 aliphatic carbocycles. The Kier molecular flexibility index (Phi) is 3.84. The van der Waals surface area contributed by atoms with Gasteiger partial charge in [-0.15, -0.1) is 0 Å². The van der Waals surface area contributed by atoms with E-state index in [2.05, 4.69) is 15.9 Å². The third-order valence-corrected chi connectivity index (χ3v) is 4.03. The maximum absolute atomic E-state index is 13.2. The van der Waals surface area contributed by atoms with Gasteiger partial charge in [0.15, 0.2) is 5.78 Å². The fourth-order valence-corrected chi connectivity index (χ4v) is 2.68. The van der Waals surface area contributed by atoms with E-state index in [4.69, 9.17) is 0 Å². The zero-order valence-corrected chi connectivity index (χ0v) is 12.7. The lowest BCUT2D eigenvalue weighted by Crippen LogP contribution is -2.03. The molecule has 0 aliphatic heterocycles. The number of hydrogen-bond donors (Lipinski definition) is 0. The number of halogens is 2. The highest BCUT2D eigenvalue weighted by Crippen LogP contribution is 2.20. The Morgan fingerprint density at radius 2 is 1.71 bits per heavy atom. The highest BCUT2D eigenvalue weighted by molar-refractivity contribution is 9.10. The molecule has 0 saturated carbocycles. The van der Waals surface area contributed by atoms with Gasteiger partial charge in [-0.3, -0.25) is 4.79 Å². The van der Waals surface area contributed by atoms with Crippen LogP contribution in [0.1, 0.15) is 15.9 Å². The van der Waals surface area contributed by atoms with Crippen LogP contribution in [0.25, 0.3) is 10.8 Å². The van der Waals surface area contributed by atoms with Crippen molar-refractivity contribution in [1.29, 1.82) is 0 Å². The van der Waals surface area contributed by atoms with Crippen LogP contribution in [0.15, 0.2) is 65.1 Å². The lowest BCUT2D eigenvalue weighted by molar-refractivity contribution is 0.0993. The summed E-state index contributed by atoms with van der Waals surface area (Å²) in [5.74, 6) is -0.386. The highest BCUT2D eigenvalue weighted by Gasteiger charge is 2.10. The van der Waals surface area contributed by atoms with Gasteiger partial charge >= 0.3 is 0 Å². The molecule has 3 heteroatoms. The summed E-state index contributed by atoms with van der Waals surface area (Å²) >= 11 is 3.11. The second-order valence-corrected chi connectivity index (χ2v) is 5.76. The Morgan fingerprint density at radius 1 is 0.952 bits per heavy atom. The van der Waals surface area contributed by atoms with E-state index < -0.39 is 0 Å². The van der Waals surface area contributed by atoms with Crippen molar-refractivity contribution >= 4 is 32.5 Å². The number of ketones is 1. The summed E-state index contributed by atoms with van der Waals surface area (Å²) in [6.07, 6.45) is 0.308. The van der Waals surface area contributed by atoms with E-state index >= 15 is 0 Å². The van der Waals surface area contributed by atoms with Gasteiger partial charge in [0.05, 0.1) is 4.47 Å². The molecule has 21 heavy (non-hydrogen) atoms. The van der Waals surface area contributed by atoms with E-state index in [1.54, 1.807) is 0 Å². The topological polar surface area (TPSA) is 17.1 Å². The number of hydrogen-bond acceptors (Lipinski definition) is 1. The smallest absolute Gasteiger partial charge is 0.167 e. The number of Topliss-reactive ketones (excluding diaryl/α,β-unsaturated/α-hetero) is 1. The molecule has 0 unspecified atom stereocenters. The summed E-state index contributed by atoms with van der Waals surface area (Å²) < 4.78 is 13.5. The van der Waals surface area contributed by atoms with Crippen LogP contribution in [-0.4, -0.2) is 5.78 Å². The minimum absolute atomic E-state index is 0.0222. The molecule has 0 aromatic heterocycles. The minimum atomic E-state index is -0.364. The van der Waals surface area contributed by atoms with Crippen LogP contribution in [0.4, 0.5) is 4.39 Å². The Balaban J connectivity index is 1.87. The van der Waals surface area contributed by atoms with Crippen molar-refractivity contribution in [3.8, 4) is 0 Å². The van der Waals surface area contributed by atoms with Crippen LogP contribution in [0.5, 0.6) is 0 Å². The van der Waals surface area contributed by atoms with Crippen molar-refractivity contribution in [1.82, 2.24) is 0 Å². The normalized spacial score (nSPS) is 10.8. The molecule has 0 radical (unpaired) electrons. The highest BCUT2D eigenvalue weighted by atomic mass is 79.9. The predicted molar refractivity (Wildman–Crippen MR) is 86.1 cm³/mol. The second-order valence-electron chi connectivity index (χ2n) is 4.91. The first-order valence-electron chi connectivity index (χ1n) is 6.59. The molecule has 0 atom stereocenters. The number of benzene rings is 3. The first-order valence-corrected chi connectivity index (χ1v) is 7.39. The summed E-state index contributed by atoms with van der Waals surface area (Å²) in [4.78, 5) is 12.3. The molecule has 0 spiro atoms. The average molecular weight is 343 g/mol. The molecule has 0 saturated heterocycles. The van der Waals surface area contributed by atoms with Crippen LogP contribution in [0.2, 0.25) is 0 Å². The Morgan fingerprint density at radius 3 is 2.48 bits per heavy atom. The van der Waals surface area contributed by atoms with Crippen LogP contribution in [0.3, 0.4) is 0 Å². The SMILES string of the molecule is O=C(Cc1ccc2ccccc2c1)c1ccc(F)c(Br)c1. The number of carbonyl (C=O) groups is 1. The fourth-order valence-electron chi connectivity index (χ4n) is 2.31. The average Bonchev–Trinajstić information content (AvgIpc) is 2.50. The van der Waals surface area contributed by atoms with Crippen molar-refractivity contribution in [2.24, 2.45) is 0 Å². The monoisotopic (exact) mass is 342 g/mol. The van der Waals surface area contributed by atoms with Crippen LogP contribution in [-0.2, 0) is 6.42 Å². The first-order chi connectivity index (χ1) is 10.1. The van der Waals surface area contributed by atoms with Crippen molar-refractivity contribution in [3.63, 3.8) is 0 Å². The molecule has 0 aliphatic rings. The van der Waals surface area contributed by atoms with Gasteiger partial charge in [-0.05, 0) is 50.5 Å². The van der Waals surface area contributed by atoms with Gasteiger partial charge < -0.3 is 0 Å².